The molecular weight excluding hydrogens is 365 g/mol. The summed E-state index contributed by atoms with van der Waals surface area (Å²) in [6.45, 7) is -1.91. The van der Waals surface area contributed by atoms with Crippen LogP contribution in [0, 0.1) is 0 Å². The number of alkyl halides is 3. The molecule has 2 aromatic heterocycles. The van der Waals surface area contributed by atoms with E-state index < -0.39 is 24.2 Å². The first-order chi connectivity index (χ1) is 12.8. The quantitative estimate of drug-likeness (QED) is 0.656. The molecule has 0 atom stereocenters. The zero-order valence-electron chi connectivity index (χ0n) is 14.0. The van der Waals surface area contributed by atoms with E-state index in [4.69, 9.17) is 4.42 Å². The summed E-state index contributed by atoms with van der Waals surface area (Å²) in [6, 6.07) is 9.56. The van der Waals surface area contributed by atoms with Crippen LogP contribution < -0.4 is 5.56 Å². The first-order valence-electron chi connectivity index (χ1n) is 8.03. The van der Waals surface area contributed by atoms with Crippen molar-refractivity contribution >= 4 is 16.8 Å². The number of aromatic nitrogens is 3. The smallest absolute Gasteiger partial charge is 0.406 e. The maximum absolute atomic E-state index is 12.8. The highest BCUT2D eigenvalue weighted by Gasteiger charge is 2.33. The van der Waals surface area contributed by atoms with Crippen LogP contribution in [-0.2, 0) is 17.9 Å². The molecule has 0 spiro atoms. The molecule has 0 aliphatic carbocycles. The van der Waals surface area contributed by atoms with Crippen LogP contribution >= 0.6 is 0 Å². The molecule has 7 nitrogen and oxygen atoms in total. The van der Waals surface area contributed by atoms with Crippen molar-refractivity contribution in [3.63, 3.8) is 0 Å². The van der Waals surface area contributed by atoms with Crippen LogP contribution in [0.5, 0.6) is 0 Å². The highest BCUT2D eigenvalue weighted by atomic mass is 19.4. The van der Waals surface area contributed by atoms with Gasteiger partial charge in [0, 0.05) is 6.42 Å². The van der Waals surface area contributed by atoms with Gasteiger partial charge in [0.2, 0.25) is 5.91 Å². The molecule has 2 heterocycles. The Bertz CT molecular complexity index is 983. The monoisotopic (exact) mass is 380 g/mol. The first kappa shape index (κ1) is 18.6. The molecule has 0 aliphatic rings. The number of aryl methyl sites for hydroxylation is 1. The van der Waals surface area contributed by atoms with Crippen LogP contribution in [0.15, 0.2) is 51.9 Å². The van der Waals surface area contributed by atoms with Gasteiger partial charge in [-0.3, -0.25) is 9.59 Å². The van der Waals surface area contributed by atoms with Gasteiger partial charge in [-0.25, -0.2) is 4.68 Å². The third-order valence-corrected chi connectivity index (χ3v) is 3.82. The molecule has 1 aromatic carbocycles. The minimum absolute atomic E-state index is 0.179. The minimum atomic E-state index is -4.55. The number of benzene rings is 1. The first-order valence-corrected chi connectivity index (χ1v) is 8.03. The lowest BCUT2D eigenvalue weighted by molar-refractivity contribution is -0.163. The Morgan fingerprint density at radius 2 is 1.96 bits per heavy atom. The van der Waals surface area contributed by atoms with Crippen molar-refractivity contribution in [2.45, 2.75) is 25.7 Å². The fraction of sp³-hybridized carbons (Fsp3) is 0.294. The minimum Gasteiger partial charge on any atom is -0.467 e. The highest BCUT2D eigenvalue weighted by molar-refractivity contribution is 5.77. The second-order valence-corrected chi connectivity index (χ2v) is 5.83. The molecule has 0 bridgehead atoms. The van der Waals surface area contributed by atoms with Gasteiger partial charge in [-0.15, -0.1) is 5.10 Å². The zero-order valence-corrected chi connectivity index (χ0v) is 14.0. The number of rotatable bonds is 6. The normalized spacial score (nSPS) is 11.7. The molecule has 0 fully saturated rings. The van der Waals surface area contributed by atoms with Crippen LogP contribution in [0.4, 0.5) is 13.2 Å². The van der Waals surface area contributed by atoms with Crippen LogP contribution in [0.2, 0.25) is 0 Å². The number of furan rings is 1. The third-order valence-electron chi connectivity index (χ3n) is 3.82. The topological polar surface area (TPSA) is 81.2 Å². The zero-order chi connectivity index (χ0) is 19.4. The summed E-state index contributed by atoms with van der Waals surface area (Å²) in [6.07, 6.45) is -3.57. The molecule has 27 heavy (non-hydrogen) atoms. The highest BCUT2D eigenvalue weighted by Crippen LogP contribution is 2.19. The molecule has 0 unspecified atom stereocenters. The second-order valence-electron chi connectivity index (χ2n) is 5.83. The van der Waals surface area contributed by atoms with Crippen LogP contribution in [-0.4, -0.2) is 38.5 Å². The molecule has 3 aromatic rings. The third kappa shape index (κ3) is 4.72. The van der Waals surface area contributed by atoms with E-state index in [-0.39, 0.29) is 25.3 Å². The Morgan fingerprint density at radius 1 is 1.19 bits per heavy atom. The summed E-state index contributed by atoms with van der Waals surface area (Å²) >= 11 is 0. The van der Waals surface area contributed by atoms with E-state index in [1.165, 1.54) is 18.4 Å². The Kier molecular flexibility index (Phi) is 5.24. The number of nitrogens with zero attached hydrogens (tertiary/aromatic N) is 4. The number of hydrogen-bond acceptors (Lipinski definition) is 5. The molecule has 0 saturated heterocycles. The van der Waals surface area contributed by atoms with Crippen molar-refractivity contribution in [2.24, 2.45) is 0 Å². The number of amides is 1. The van der Waals surface area contributed by atoms with Crippen molar-refractivity contribution < 1.29 is 22.4 Å². The molecule has 10 heteroatoms. The number of hydrogen-bond donors (Lipinski definition) is 0. The van der Waals surface area contributed by atoms with Gasteiger partial charge in [-0.1, -0.05) is 17.3 Å². The summed E-state index contributed by atoms with van der Waals surface area (Å²) in [5.74, 6) is -0.541. The fourth-order valence-electron chi connectivity index (χ4n) is 2.57. The Hall–Kier alpha value is -3.17. The summed E-state index contributed by atoms with van der Waals surface area (Å²) < 4.78 is 44.4. The Balaban J connectivity index is 1.73. The average molecular weight is 380 g/mol. The largest absolute Gasteiger partial charge is 0.467 e. The lowest BCUT2D eigenvalue weighted by atomic mass is 10.2. The van der Waals surface area contributed by atoms with Crippen molar-refractivity contribution in [3.8, 4) is 0 Å². The Labute approximate surface area is 151 Å². The van der Waals surface area contributed by atoms with Crippen molar-refractivity contribution in [1.29, 1.82) is 0 Å². The van der Waals surface area contributed by atoms with Gasteiger partial charge in [-0.05, 0) is 24.3 Å². The van der Waals surface area contributed by atoms with E-state index in [2.05, 4.69) is 10.3 Å². The van der Waals surface area contributed by atoms with E-state index in [9.17, 15) is 22.8 Å². The van der Waals surface area contributed by atoms with Crippen LogP contribution in [0.3, 0.4) is 0 Å². The number of fused-ring (bicyclic) bond motifs is 1. The molecule has 0 saturated carbocycles. The van der Waals surface area contributed by atoms with Gasteiger partial charge in [0.05, 0.1) is 24.7 Å². The van der Waals surface area contributed by atoms with Gasteiger partial charge in [-0.2, -0.15) is 13.2 Å². The van der Waals surface area contributed by atoms with Crippen molar-refractivity contribution in [1.82, 2.24) is 19.9 Å². The summed E-state index contributed by atoms with van der Waals surface area (Å²) in [5, 5.41) is 7.93. The summed E-state index contributed by atoms with van der Waals surface area (Å²) in [7, 11) is 0. The van der Waals surface area contributed by atoms with Crippen molar-refractivity contribution in [3.05, 3.63) is 58.8 Å². The van der Waals surface area contributed by atoms with Gasteiger partial charge >= 0.3 is 6.18 Å². The molecule has 0 N–H and O–H groups in total. The van der Waals surface area contributed by atoms with E-state index >= 15 is 0 Å². The van der Waals surface area contributed by atoms with Crippen LogP contribution in [0.1, 0.15) is 12.2 Å². The molecular formula is C17H15F3N4O3. The number of carbonyl (C=O) groups is 1. The average Bonchev–Trinajstić information content (AvgIpc) is 3.12. The summed E-state index contributed by atoms with van der Waals surface area (Å²) in [4.78, 5) is 25.3. The second kappa shape index (κ2) is 7.60. The molecule has 0 aliphatic heterocycles. The maximum Gasteiger partial charge on any atom is 0.406 e. The Morgan fingerprint density at radius 3 is 2.67 bits per heavy atom. The predicted molar refractivity (Wildman–Crippen MR) is 88.6 cm³/mol. The van der Waals surface area contributed by atoms with Crippen molar-refractivity contribution in [2.75, 3.05) is 6.54 Å². The predicted octanol–water partition coefficient (Wildman–Crippen LogP) is 2.37. The van der Waals surface area contributed by atoms with E-state index in [0.717, 1.165) is 4.68 Å². The lowest BCUT2D eigenvalue weighted by Gasteiger charge is -2.23. The van der Waals surface area contributed by atoms with Crippen LogP contribution in [0.25, 0.3) is 10.9 Å². The van der Waals surface area contributed by atoms with Gasteiger partial charge in [0.15, 0.2) is 0 Å². The lowest BCUT2D eigenvalue weighted by Crippen LogP contribution is -2.39. The molecule has 3 rings (SSSR count). The maximum atomic E-state index is 12.8. The van der Waals surface area contributed by atoms with Gasteiger partial charge < -0.3 is 9.32 Å². The standard InChI is InChI=1S/C17H15F3N4O3/c18-17(19,20)11-23(10-12-4-3-9-27-12)15(25)7-8-24-16(26)13-5-1-2-6-14(13)21-22-24/h1-6,9H,7-8,10-11H2. The SMILES string of the molecule is O=C(CCn1nnc2ccccc2c1=O)N(Cc1ccco1)CC(F)(F)F. The number of carbonyl (C=O) groups excluding carboxylic acids is 1. The molecule has 142 valence electrons. The van der Waals surface area contributed by atoms with E-state index in [1.54, 1.807) is 24.3 Å². The molecule has 1 amide bonds. The molecule has 0 radical (unpaired) electrons. The number of halogens is 3. The summed E-state index contributed by atoms with van der Waals surface area (Å²) in [5.41, 5.74) is -0.0524. The van der Waals surface area contributed by atoms with Gasteiger partial charge in [0.1, 0.15) is 17.8 Å². The van der Waals surface area contributed by atoms with E-state index in [1.807, 2.05) is 0 Å². The fourth-order valence-corrected chi connectivity index (χ4v) is 2.57. The van der Waals surface area contributed by atoms with Gasteiger partial charge in [0.25, 0.3) is 5.56 Å². The van der Waals surface area contributed by atoms with E-state index in [0.29, 0.717) is 15.8 Å².